The summed E-state index contributed by atoms with van der Waals surface area (Å²) in [4.78, 5) is 0. The van der Waals surface area contributed by atoms with E-state index in [0.717, 1.165) is 10.7 Å². The molecule has 0 radical (unpaired) electrons. The second kappa shape index (κ2) is 3.01. The molecule has 0 N–H and O–H groups in total. The predicted octanol–water partition coefficient (Wildman–Crippen LogP) is 3.46. The third-order valence-electron chi connectivity index (χ3n) is 3.23. The smallest absolute Gasteiger partial charge is 0.0163 e. The second-order valence-corrected chi connectivity index (χ2v) is 5.90. The molecule has 1 heterocycles. The SMILES string of the molecule is CC1CCCC2(CCCS2)C1. The minimum Gasteiger partial charge on any atom is -0.155 e. The largest absolute Gasteiger partial charge is 0.155 e. The van der Waals surface area contributed by atoms with Crippen LogP contribution in [-0.4, -0.2) is 10.5 Å². The fourth-order valence-electron chi connectivity index (χ4n) is 2.73. The van der Waals surface area contributed by atoms with Gasteiger partial charge in [-0.1, -0.05) is 19.8 Å². The van der Waals surface area contributed by atoms with Crippen LogP contribution in [-0.2, 0) is 0 Å². The highest BCUT2D eigenvalue weighted by Gasteiger charge is 2.37. The van der Waals surface area contributed by atoms with Gasteiger partial charge in [0, 0.05) is 4.75 Å². The molecule has 1 aliphatic heterocycles. The quantitative estimate of drug-likeness (QED) is 0.536. The van der Waals surface area contributed by atoms with Gasteiger partial charge in [0.15, 0.2) is 0 Å². The van der Waals surface area contributed by atoms with Gasteiger partial charge in [-0.2, -0.15) is 11.8 Å². The zero-order valence-electron chi connectivity index (χ0n) is 7.44. The van der Waals surface area contributed by atoms with Crippen molar-refractivity contribution in [2.24, 2.45) is 5.92 Å². The highest BCUT2D eigenvalue weighted by atomic mass is 32.2. The Hall–Kier alpha value is 0.350. The zero-order chi connectivity index (χ0) is 7.73. The molecule has 2 aliphatic rings. The van der Waals surface area contributed by atoms with Crippen LogP contribution in [0, 0.1) is 5.92 Å². The molecule has 2 fully saturated rings. The van der Waals surface area contributed by atoms with Crippen molar-refractivity contribution in [1.82, 2.24) is 0 Å². The van der Waals surface area contributed by atoms with Gasteiger partial charge in [0.05, 0.1) is 0 Å². The lowest BCUT2D eigenvalue weighted by atomic mass is 9.80. The lowest BCUT2D eigenvalue weighted by Crippen LogP contribution is -2.28. The summed E-state index contributed by atoms with van der Waals surface area (Å²) in [5, 5.41) is 0. The Morgan fingerprint density at radius 2 is 2.09 bits per heavy atom. The van der Waals surface area contributed by atoms with E-state index in [9.17, 15) is 0 Å². The van der Waals surface area contributed by atoms with Gasteiger partial charge in [0.25, 0.3) is 0 Å². The third-order valence-corrected chi connectivity index (χ3v) is 4.91. The van der Waals surface area contributed by atoms with Gasteiger partial charge in [0.2, 0.25) is 0 Å². The summed E-state index contributed by atoms with van der Waals surface area (Å²) in [7, 11) is 0. The van der Waals surface area contributed by atoms with Gasteiger partial charge in [-0.05, 0) is 37.4 Å². The van der Waals surface area contributed by atoms with Crippen LogP contribution in [0.4, 0.5) is 0 Å². The van der Waals surface area contributed by atoms with E-state index in [-0.39, 0.29) is 0 Å². The maximum Gasteiger partial charge on any atom is 0.0163 e. The van der Waals surface area contributed by atoms with Crippen molar-refractivity contribution in [2.45, 2.75) is 50.2 Å². The maximum atomic E-state index is 2.43. The Kier molecular flexibility index (Phi) is 2.18. The average molecular weight is 170 g/mol. The highest BCUT2D eigenvalue weighted by molar-refractivity contribution is 8.00. The highest BCUT2D eigenvalue weighted by Crippen LogP contribution is 2.49. The van der Waals surface area contributed by atoms with E-state index in [0.29, 0.717) is 0 Å². The number of rotatable bonds is 0. The summed E-state index contributed by atoms with van der Waals surface area (Å²) in [6, 6.07) is 0. The molecule has 0 aromatic carbocycles. The number of hydrogen-bond acceptors (Lipinski definition) is 1. The van der Waals surface area contributed by atoms with Crippen molar-refractivity contribution >= 4 is 11.8 Å². The summed E-state index contributed by atoms with van der Waals surface area (Å²) in [6.45, 7) is 2.43. The Bertz CT molecular complexity index is 136. The van der Waals surface area contributed by atoms with Crippen LogP contribution < -0.4 is 0 Å². The van der Waals surface area contributed by atoms with Gasteiger partial charge >= 0.3 is 0 Å². The van der Waals surface area contributed by atoms with Gasteiger partial charge in [-0.25, -0.2) is 0 Å². The minimum atomic E-state index is 0.762. The molecule has 0 aromatic rings. The molecule has 1 heteroatoms. The molecular weight excluding hydrogens is 152 g/mol. The average Bonchev–Trinajstić information content (AvgIpc) is 2.37. The molecule has 0 bridgehead atoms. The number of thioether (sulfide) groups is 1. The molecule has 2 atom stereocenters. The Morgan fingerprint density at radius 1 is 1.27 bits per heavy atom. The maximum absolute atomic E-state index is 2.43. The molecular formula is C10H18S. The lowest BCUT2D eigenvalue weighted by Gasteiger charge is -2.35. The molecule has 0 amide bonds. The van der Waals surface area contributed by atoms with E-state index in [1.165, 1.54) is 44.3 Å². The van der Waals surface area contributed by atoms with Crippen LogP contribution in [0.25, 0.3) is 0 Å². The molecule has 11 heavy (non-hydrogen) atoms. The van der Waals surface area contributed by atoms with Crippen LogP contribution in [0.2, 0.25) is 0 Å². The van der Waals surface area contributed by atoms with E-state index in [4.69, 9.17) is 0 Å². The molecule has 2 unspecified atom stereocenters. The molecule has 64 valence electrons. The van der Waals surface area contributed by atoms with Crippen molar-refractivity contribution < 1.29 is 0 Å². The summed E-state index contributed by atoms with van der Waals surface area (Å²) >= 11 is 2.27. The molecule has 0 nitrogen and oxygen atoms in total. The summed E-state index contributed by atoms with van der Waals surface area (Å²) in [5.74, 6) is 2.45. The number of hydrogen-bond donors (Lipinski definition) is 0. The summed E-state index contributed by atoms with van der Waals surface area (Å²) in [5.41, 5.74) is 0. The van der Waals surface area contributed by atoms with E-state index in [1.807, 2.05) is 0 Å². The van der Waals surface area contributed by atoms with Crippen molar-refractivity contribution in [3.8, 4) is 0 Å². The Morgan fingerprint density at radius 3 is 2.73 bits per heavy atom. The first kappa shape index (κ1) is 7.97. The van der Waals surface area contributed by atoms with Crippen molar-refractivity contribution in [1.29, 1.82) is 0 Å². The fourth-order valence-corrected chi connectivity index (χ4v) is 4.43. The van der Waals surface area contributed by atoms with Crippen LogP contribution >= 0.6 is 11.8 Å². The molecule has 1 saturated carbocycles. The van der Waals surface area contributed by atoms with Gasteiger partial charge in [0.1, 0.15) is 0 Å². The molecule has 0 aromatic heterocycles. The first-order valence-corrected chi connectivity index (χ1v) is 5.93. The molecule has 1 spiro atoms. The van der Waals surface area contributed by atoms with E-state index in [2.05, 4.69) is 18.7 Å². The lowest BCUT2D eigenvalue weighted by molar-refractivity contribution is 0.308. The fraction of sp³-hybridized carbons (Fsp3) is 1.00. The third kappa shape index (κ3) is 1.58. The van der Waals surface area contributed by atoms with Crippen molar-refractivity contribution in [2.75, 3.05) is 5.75 Å². The van der Waals surface area contributed by atoms with Crippen LogP contribution in [0.5, 0.6) is 0 Å². The normalized spacial score (nSPS) is 45.0. The summed E-state index contributed by atoms with van der Waals surface area (Å²) < 4.78 is 0.762. The molecule has 1 aliphatic carbocycles. The molecule has 1 saturated heterocycles. The zero-order valence-corrected chi connectivity index (χ0v) is 8.25. The minimum absolute atomic E-state index is 0.762. The van der Waals surface area contributed by atoms with E-state index < -0.39 is 0 Å². The first-order valence-electron chi connectivity index (χ1n) is 4.95. The standard InChI is InChI=1S/C10H18S/c1-9-4-2-5-10(8-9)6-3-7-11-10/h9H,2-8H2,1H3. The van der Waals surface area contributed by atoms with Gasteiger partial charge in [-0.3, -0.25) is 0 Å². The van der Waals surface area contributed by atoms with Crippen LogP contribution in [0.3, 0.4) is 0 Å². The van der Waals surface area contributed by atoms with Crippen LogP contribution in [0.1, 0.15) is 45.4 Å². The second-order valence-electron chi connectivity index (χ2n) is 4.34. The predicted molar refractivity (Wildman–Crippen MR) is 52.1 cm³/mol. The monoisotopic (exact) mass is 170 g/mol. The molecule has 2 rings (SSSR count). The van der Waals surface area contributed by atoms with Crippen molar-refractivity contribution in [3.05, 3.63) is 0 Å². The Labute approximate surface area is 74.1 Å². The topological polar surface area (TPSA) is 0 Å². The van der Waals surface area contributed by atoms with Gasteiger partial charge < -0.3 is 0 Å². The van der Waals surface area contributed by atoms with E-state index >= 15 is 0 Å². The van der Waals surface area contributed by atoms with Crippen molar-refractivity contribution in [3.63, 3.8) is 0 Å². The Balaban J connectivity index is 2.00. The van der Waals surface area contributed by atoms with Gasteiger partial charge in [-0.15, -0.1) is 0 Å². The first-order chi connectivity index (χ1) is 5.31. The van der Waals surface area contributed by atoms with E-state index in [1.54, 1.807) is 0 Å². The van der Waals surface area contributed by atoms with Crippen LogP contribution in [0.15, 0.2) is 0 Å². The summed E-state index contributed by atoms with van der Waals surface area (Å²) in [6.07, 6.45) is 9.01.